The maximum Gasteiger partial charge on any atom is 0.259 e. The van der Waals surface area contributed by atoms with Gasteiger partial charge in [0.25, 0.3) is 5.91 Å². The van der Waals surface area contributed by atoms with Gasteiger partial charge in [-0.25, -0.2) is 4.98 Å². The number of rotatable bonds is 3. The van der Waals surface area contributed by atoms with Crippen LogP contribution in [0.2, 0.25) is 0 Å². The zero-order valence-electron chi connectivity index (χ0n) is 12.5. The lowest BCUT2D eigenvalue weighted by Gasteiger charge is -2.11. The number of nitrogens with one attached hydrogen (secondary N) is 1. The Morgan fingerprint density at radius 1 is 1.43 bits per heavy atom. The second-order valence-corrected chi connectivity index (χ2v) is 6.30. The number of halogens is 1. The van der Waals surface area contributed by atoms with Crippen LogP contribution in [0.1, 0.15) is 21.5 Å². The number of benzene rings is 1. The molecule has 2 aromatic rings. The first-order valence-corrected chi connectivity index (χ1v) is 9.91. The Morgan fingerprint density at radius 3 is 2.83 bits per heavy atom. The normalized spacial score (nSPS) is 9.70. The van der Waals surface area contributed by atoms with Crippen LogP contribution in [0.25, 0.3) is 0 Å². The second-order valence-electron chi connectivity index (χ2n) is 4.62. The minimum atomic E-state index is -0.358. The molecule has 3 N–H and O–H groups in total. The molecule has 7 heteroatoms. The summed E-state index contributed by atoms with van der Waals surface area (Å²) < 4.78 is 5.23. The van der Waals surface area contributed by atoms with Crippen molar-refractivity contribution >= 4 is 47.6 Å². The lowest BCUT2D eigenvalue weighted by Crippen LogP contribution is -2.15. The molecule has 0 unspecified atom stereocenters. The van der Waals surface area contributed by atoms with Gasteiger partial charge in [-0.1, -0.05) is 12.0 Å². The smallest absolute Gasteiger partial charge is 0.259 e. The van der Waals surface area contributed by atoms with Crippen molar-refractivity contribution in [2.75, 3.05) is 18.2 Å². The number of anilines is 2. The predicted octanol–water partition coefficient (Wildman–Crippen LogP) is 3.63. The van der Waals surface area contributed by atoms with Crippen molar-refractivity contribution in [2.45, 2.75) is 6.92 Å². The Hall–Kier alpha value is -1.92. The highest BCUT2D eigenvalue weighted by atomic mass is 127. The molecule has 1 aromatic heterocycles. The van der Waals surface area contributed by atoms with Gasteiger partial charge < -0.3 is 15.8 Å². The molecule has 0 saturated heterocycles. The maximum absolute atomic E-state index is 12.5. The minimum absolute atomic E-state index is 0.268. The van der Waals surface area contributed by atoms with Crippen LogP contribution in [-0.2, 0) is 0 Å². The number of hydrogen-bond donors (Lipinski definition) is 2. The summed E-state index contributed by atoms with van der Waals surface area (Å²) in [4.78, 5) is 16.6. The van der Waals surface area contributed by atoms with Crippen LogP contribution in [0.5, 0.6) is 5.75 Å². The summed E-state index contributed by atoms with van der Waals surface area (Å²) in [7, 11) is 2.86. The number of pyridine rings is 1. The Labute approximate surface area is 151 Å². The molecular formula is C16H14IN3O2S. The van der Waals surface area contributed by atoms with E-state index < -0.39 is 0 Å². The average molecular weight is 439 g/mol. The van der Waals surface area contributed by atoms with Gasteiger partial charge in [-0.15, -0.1) is 0 Å². The zero-order valence-corrected chi connectivity index (χ0v) is 15.5. The highest BCUT2D eigenvalue weighted by Gasteiger charge is 2.15. The molecule has 0 bridgehead atoms. The van der Waals surface area contributed by atoms with Crippen molar-refractivity contribution in [3.05, 3.63) is 47.2 Å². The van der Waals surface area contributed by atoms with Crippen LogP contribution >= 0.6 is 30.1 Å². The van der Waals surface area contributed by atoms with Gasteiger partial charge in [0.2, 0.25) is 0 Å². The van der Waals surface area contributed by atoms with Crippen LogP contribution in [0, 0.1) is 18.1 Å². The number of ether oxygens (including phenoxy) is 1. The van der Waals surface area contributed by atoms with Crippen LogP contribution < -0.4 is 15.8 Å². The number of nitrogen functional groups attached to an aromatic ring is 1. The zero-order chi connectivity index (χ0) is 16.8. The van der Waals surface area contributed by atoms with E-state index in [9.17, 15) is 4.79 Å². The first kappa shape index (κ1) is 17.4. The average Bonchev–Trinajstić information content (AvgIpc) is 2.55. The molecule has 0 fully saturated rings. The quantitative estimate of drug-likeness (QED) is 0.434. The number of amides is 1. The van der Waals surface area contributed by atoms with E-state index in [2.05, 4.69) is 42.7 Å². The molecule has 2 rings (SSSR count). The standard InChI is InChI=1S/C16H14IN3O2S/c1-10-3-4-14(19-9-10)20-16(21)12-7-11(5-6-23-17)8-13(22-2)15(12)18/h3-4,7-9H,18H2,1-2H3,(H,19,20,21). The van der Waals surface area contributed by atoms with Crippen molar-refractivity contribution in [3.8, 4) is 16.9 Å². The molecule has 5 nitrogen and oxygen atoms in total. The van der Waals surface area contributed by atoms with Gasteiger partial charge >= 0.3 is 0 Å². The highest BCUT2D eigenvalue weighted by molar-refractivity contribution is 14.2. The van der Waals surface area contributed by atoms with Crippen molar-refractivity contribution < 1.29 is 9.53 Å². The van der Waals surface area contributed by atoms with E-state index in [1.807, 2.05) is 13.0 Å². The predicted molar refractivity (Wildman–Crippen MR) is 103 cm³/mol. The Balaban J connectivity index is 2.36. The summed E-state index contributed by atoms with van der Waals surface area (Å²) in [6.07, 6.45) is 1.68. The van der Waals surface area contributed by atoms with Crippen molar-refractivity contribution in [1.82, 2.24) is 4.98 Å². The number of carbonyl (C=O) groups excluding carboxylic acids is 1. The topological polar surface area (TPSA) is 77.2 Å². The molecule has 0 spiro atoms. The summed E-state index contributed by atoms with van der Waals surface area (Å²) >= 11 is 2.08. The fourth-order valence-electron chi connectivity index (χ4n) is 1.86. The summed E-state index contributed by atoms with van der Waals surface area (Å²) in [6.45, 7) is 1.93. The first-order valence-electron chi connectivity index (χ1n) is 6.55. The van der Waals surface area contributed by atoms with E-state index in [4.69, 9.17) is 10.5 Å². The fourth-order valence-corrected chi connectivity index (χ4v) is 2.35. The van der Waals surface area contributed by atoms with E-state index in [1.54, 1.807) is 24.4 Å². The van der Waals surface area contributed by atoms with E-state index in [0.29, 0.717) is 22.7 Å². The van der Waals surface area contributed by atoms with Crippen LogP contribution in [0.3, 0.4) is 0 Å². The number of aromatic nitrogens is 1. The lowest BCUT2D eigenvalue weighted by atomic mass is 10.1. The van der Waals surface area contributed by atoms with Gasteiger partial charge in [-0.3, -0.25) is 4.79 Å². The summed E-state index contributed by atoms with van der Waals surface area (Å²) in [5.74, 6) is 3.45. The SMILES string of the molecule is COc1cc(C#CSI)cc(C(=O)Nc2ccc(C)cn2)c1N. The molecule has 0 aliphatic heterocycles. The number of carbonyl (C=O) groups is 1. The van der Waals surface area contributed by atoms with Gasteiger partial charge in [-0.2, -0.15) is 0 Å². The maximum atomic E-state index is 12.5. The highest BCUT2D eigenvalue weighted by Crippen LogP contribution is 2.28. The van der Waals surface area contributed by atoms with Gasteiger partial charge in [0.15, 0.2) is 0 Å². The monoisotopic (exact) mass is 439 g/mol. The minimum Gasteiger partial charge on any atom is -0.495 e. The third kappa shape index (κ3) is 4.53. The molecule has 0 saturated carbocycles. The molecule has 0 atom stereocenters. The van der Waals surface area contributed by atoms with Gasteiger partial charge in [0.1, 0.15) is 11.6 Å². The first-order chi connectivity index (χ1) is 11.0. The molecule has 0 radical (unpaired) electrons. The molecule has 1 amide bonds. The molecule has 0 aliphatic carbocycles. The Kier molecular flexibility index (Phi) is 6.12. The fraction of sp³-hybridized carbons (Fsp3) is 0.125. The third-order valence-electron chi connectivity index (χ3n) is 2.99. The van der Waals surface area contributed by atoms with Crippen LogP contribution in [0.4, 0.5) is 11.5 Å². The molecular weight excluding hydrogens is 425 g/mol. The van der Waals surface area contributed by atoms with Gasteiger partial charge in [0, 0.05) is 33.0 Å². The number of methoxy groups -OCH3 is 1. The molecule has 0 aliphatic rings. The summed E-state index contributed by atoms with van der Waals surface area (Å²) in [6, 6.07) is 6.94. The number of nitrogens with zero attached hydrogens (tertiary/aromatic N) is 1. The number of hydrogen-bond acceptors (Lipinski definition) is 5. The Morgan fingerprint density at radius 2 is 2.22 bits per heavy atom. The summed E-state index contributed by atoms with van der Waals surface area (Å²) in [5, 5.41) is 5.59. The number of aryl methyl sites for hydroxylation is 1. The second kappa shape index (κ2) is 8.08. The van der Waals surface area contributed by atoms with Gasteiger partial charge in [0.05, 0.1) is 18.4 Å². The summed E-state index contributed by atoms with van der Waals surface area (Å²) in [5.41, 5.74) is 8.24. The third-order valence-corrected chi connectivity index (χ3v) is 3.83. The van der Waals surface area contributed by atoms with E-state index in [-0.39, 0.29) is 11.6 Å². The van der Waals surface area contributed by atoms with E-state index >= 15 is 0 Å². The van der Waals surface area contributed by atoms with Crippen molar-refractivity contribution in [2.24, 2.45) is 0 Å². The van der Waals surface area contributed by atoms with Crippen molar-refractivity contribution in [3.63, 3.8) is 0 Å². The van der Waals surface area contributed by atoms with Crippen LogP contribution in [-0.4, -0.2) is 18.0 Å². The lowest BCUT2D eigenvalue weighted by molar-refractivity contribution is 0.102. The van der Waals surface area contributed by atoms with E-state index in [0.717, 1.165) is 5.56 Å². The van der Waals surface area contributed by atoms with E-state index in [1.165, 1.54) is 16.0 Å². The Bertz CT molecular complexity index is 782. The van der Waals surface area contributed by atoms with Crippen molar-refractivity contribution in [1.29, 1.82) is 0 Å². The molecule has 23 heavy (non-hydrogen) atoms. The molecule has 118 valence electrons. The van der Waals surface area contributed by atoms with Crippen LogP contribution in [0.15, 0.2) is 30.5 Å². The molecule has 1 heterocycles. The van der Waals surface area contributed by atoms with Gasteiger partial charge in [-0.05, 0) is 44.9 Å². The molecule has 1 aromatic carbocycles. The number of nitrogens with two attached hydrogens (primary N) is 1. The largest absolute Gasteiger partial charge is 0.495 e.